The molecule has 0 bridgehead atoms. The van der Waals surface area contributed by atoms with E-state index >= 15 is 0 Å². The molecule has 0 aliphatic carbocycles. The van der Waals surface area contributed by atoms with Crippen molar-refractivity contribution in [1.82, 2.24) is 10.6 Å². The first kappa shape index (κ1) is 15.8. The molecule has 0 aliphatic rings. The number of amides is 2. The molecule has 1 aromatic carbocycles. The Morgan fingerprint density at radius 2 is 1.95 bits per heavy atom. The van der Waals surface area contributed by atoms with Crippen LogP contribution in [0.3, 0.4) is 0 Å². The summed E-state index contributed by atoms with van der Waals surface area (Å²) < 4.78 is 0. The van der Waals surface area contributed by atoms with Gasteiger partial charge in [0.25, 0.3) is 5.91 Å². The minimum Gasteiger partial charge on any atom is -0.352 e. The van der Waals surface area contributed by atoms with Gasteiger partial charge in [-0.3, -0.25) is 9.59 Å². The SMILES string of the molecule is CC[C@@H](C)NC(=O)CNC(=O)c1ccc(Cl)c(Cl)c1. The predicted molar refractivity (Wildman–Crippen MR) is 76.7 cm³/mol. The smallest absolute Gasteiger partial charge is 0.251 e. The van der Waals surface area contributed by atoms with Crippen LogP contribution in [0, 0.1) is 0 Å². The Balaban J connectivity index is 2.51. The van der Waals surface area contributed by atoms with Crippen molar-refractivity contribution in [2.45, 2.75) is 26.3 Å². The zero-order valence-electron chi connectivity index (χ0n) is 10.8. The fraction of sp³-hybridized carbons (Fsp3) is 0.385. The predicted octanol–water partition coefficient (Wildman–Crippen LogP) is 2.64. The van der Waals surface area contributed by atoms with Crippen molar-refractivity contribution in [3.05, 3.63) is 33.8 Å². The van der Waals surface area contributed by atoms with E-state index in [2.05, 4.69) is 10.6 Å². The van der Waals surface area contributed by atoms with Crippen LogP contribution in [0.2, 0.25) is 10.0 Å². The maximum absolute atomic E-state index is 11.8. The van der Waals surface area contributed by atoms with Crippen molar-refractivity contribution in [1.29, 1.82) is 0 Å². The van der Waals surface area contributed by atoms with Gasteiger partial charge in [0.05, 0.1) is 16.6 Å². The van der Waals surface area contributed by atoms with Gasteiger partial charge in [-0.05, 0) is 31.5 Å². The van der Waals surface area contributed by atoms with E-state index in [1.54, 1.807) is 6.07 Å². The quantitative estimate of drug-likeness (QED) is 0.878. The van der Waals surface area contributed by atoms with Gasteiger partial charge in [-0.1, -0.05) is 30.1 Å². The molecule has 0 radical (unpaired) electrons. The minimum absolute atomic E-state index is 0.0661. The topological polar surface area (TPSA) is 58.2 Å². The van der Waals surface area contributed by atoms with Gasteiger partial charge in [-0.25, -0.2) is 0 Å². The van der Waals surface area contributed by atoms with E-state index in [0.29, 0.717) is 15.6 Å². The molecular formula is C13H16Cl2N2O2. The summed E-state index contributed by atoms with van der Waals surface area (Å²) in [6.45, 7) is 3.81. The third-order valence-corrected chi connectivity index (χ3v) is 3.35. The average Bonchev–Trinajstić information content (AvgIpc) is 2.39. The molecule has 19 heavy (non-hydrogen) atoms. The van der Waals surface area contributed by atoms with Gasteiger partial charge in [-0.15, -0.1) is 0 Å². The summed E-state index contributed by atoms with van der Waals surface area (Å²) in [5.74, 6) is -0.583. The number of carbonyl (C=O) groups excluding carboxylic acids is 2. The number of hydrogen-bond donors (Lipinski definition) is 2. The second-order valence-corrected chi connectivity index (χ2v) is 5.00. The monoisotopic (exact) mass is 302 g/mol. The van der Waals surface area contributed by atoms with Gasteiger partial charge in [0, 0.05) is 11.6 Å². The minimum atomic E-state index is -0.363. The summed E-state index contributed by atoms with van der Waals surface area (Å²) in [6, 6.07) is 4.65. The van der Waals surface area contributed by atoms with Gasteiger partial charge in [0.2, 0.25) is 5.91 Å². The highest BCUT2D eigenvalue weighted by atomic mass is 35.5. The van der Waals surface area contributed by atoms with Crippen LogP contribution in [0.15, 0.2) is 18.2 Å². The molecule has 1 aromatic rings. The number of hydrogen-bond acceptors (Lipinski definition) is 2. The second-order valence-electron chi connectivity index (χ2n) is 4.19. The van der Waals surface area contributed by atoms with Crippen LogP contribution in [0.5, 0.6) is 0 Å². The van der Waals surface area contributed by atoms with E-state index < -0.39 is 0 Å². The van der Waals surface area contributed by atoms with E-state index in [1.807, 2.05) is 13.8 Å². The van der Waals surface area contributed by atoms with Crippen LogP contribution in [-0.4, -0.2) is 24.4 Å². The summed E-state index contributed by atoms with van der Waals surface area (Å²) in [5, 5.41) is 5.96. The zero-order chi connectivity index (χ0) is 14.4. The molecule has 0 aliphatic heterocycles. The Hall–Kier alpha value is -1.26. The Bertz CT molecular complexity index is 478. The molecule has 0 heterocycles. The van der Waals surface area contributed by atoms with Crippen LogP contribution in [0.4, 0.5) is 0 Å². The highest BCUT2D eigenvalue weighted by Crippen LogP contribution is 2.22. The van der Waals surface area contributed by atoms with E-state index in [-0.39, 0.29) is 24.4 Å². The molecule has 0 unspecified atom stereocenters. The van der Waals surface area contributed by atoms with E-state index in [0.717, 1.165) is 6.42 Å². The molecule has 0 saturated carbocycles. The molecule has 4 nitrogen and oxygen atoms in total. The first-order valence-corrected chi connectivity index (χ1v) is 6.72. The lowest BCUT2D eigenvalue weighted by Gasteiger charge is -2.12. The molecule has 0 spiro atoms. The molecule has 0 aromatic heterocycles. The average molecular weight is 303 g/mol. The highest BCUT2D eigenvalue weighted by molar-refractivity contribution is 6.42. The summed E-state index contributed by atoms with van der Waals surface area (Å²) in [7, 11) is 0. The summed E-state index contributed by atoms with van der Waals surface area (Å²) in [4.78, 5) is 23.3. The maximum Gasteiger partial charge on any atom is 0.251 e. The maximum atomic E-state index is 11.8. The van der Waals surface area contributed by atoms with Crippen molar-refractivity contribution in [3.63, 3.8) is 0 Å². The summed E-state index contributed by atoms with van der Waals surface area (Å²) >= 11 is 11.6. The molecule has 2 amide bonds. The molecule has 1 atom stereocenters. The fourth-order valence-electron chi connectivity index (χ4n) is 1.33. The molecule has 2 N–H and O–H groups in total. The van der Waals surface area contributed by atoms with Crippen molar-refractivity contribution in [3.8, 4) is 0 Å². The molecule has 0 fully saturated rings. The first-order valence-electron chi connectivity index (χ1n) is 5.96. The lowest BCUT2D eigenvalue weighted by molar-refractivity contribution is -0.120. The van der Waals surface area contributed by atoms with Crippen molar-refractivity contribution in [2.24, 2.45) is 0 Å². The standard InChI is InChI=1S/C13H16Cl2N2O2/c1-3-8(2)17-12(18)7-16-13(19)9-4-5-10(14)11(15)6-9/h4-6,8H,3,7H2,1-2H3,(H,16,19)(H,17,18)/t8-/m1/s1. The van der Waals surface area contributed by atoms with Crippen LogP contribution >= 0.6 is 23.2 Å². The lowest BCUT2D eigenvalue weighted by atomic mass is 10.2. The molecule has 6 heteroatoms. The van der Waals surface area contributed by atoms with E-state index in [1.165, 1.54) is 12.1 Å². The van der Waals surface area contributed by atoms with Gasteiger partial charge in [-0.2, -0.15) is 0 Å². The number of carbonyl (C=O) groups is 2. The summed E-state index contributed by atoms with van der Waals surface area (Å²) in [5.41, 5.74) is 0.366. The fourth-order valence-corrected chi connectivity index (χ4v) is 1.63. The van der Waals surface area contributed by atoms with Crippen LogP contribution in [0.25, 0.3) is 0 Å². The number of halogens is 2. The van der Waals surface area contributed by atoms with Crippen LogP contribution < -0.4 is 10.6 Å². The Kier molecular flexibility index (Phi) is 6.12. The molecular weight excluding hydrogens is 287 g/mol. The number of rotatable bonds is 5. The summed E-state index contributed by atoms with van der Waals surface area (Å²) in [6.07, 6.45) is 0.840. The van der Waals surface area contributed by atoms with Crippen LogP contribution in [-0.2, 0) is 4.79 Å². The van der Waals surface area contributed by atoms with Gasteiger partial charge >= 0.3 is 0 Å². The largest absolute Gasteiger partial charge is 0.352 e. The van der Waals surface area contributed by atoms with E-state index in [4.69, 9.17) is 23.2 Å². The van der Waals surface area contributed by atoms with Gasteiger partial charge in [0.15, 0.2) is 0 Å². The van der Waals surface area contributed by atoms with Crippen molar-refractivity contribution >= 4 is 35.0 Å². The zero-order valence-corrected chi connectivity index (χ0v) is 12.3. The highest BCUT2D eigenvalue weighted by Gasteiger charge is 2.10. The van der Waals surface area contributed by atoms with Crippen molar-refractivity contribution in [2.75, 3.05) is 6.54 Å². The van der Waals surface area contributed by atoms with Gasteiger partial charge < -0.3 is 10.6 Å². The van der Waals surface area contributed by atoms with Crippen molar-refractivity contribution < 1.29 is 9.59 Å². The molecule has 0 saturated heterocycles. The second kappa shape index (κ2) is 7.36. The van der Waals surface area contributed by atoms with Gasteiger partial charge in [0.1, 0.15) is 0 Å². The Morgan fingerprint density at radius 1 is 1.26 bits per heavy atom. The number of benzene rings is 1. The third-order valence-electron chi connectivity index (χ3n) is 2.61. The third kappa shape index (κ3) is 5.09. The molecule has 1 rings (SSSR count). The Morgan fingerprint density at radius 3 is 2.53 bits per heavy atom. The molecule has 104 valence electrons. The van der Waals surface area contributed by atoms with Crippen LogP contribution in [0.1, 0.15) is 30.6 Å². The van der Waals surface area contributed by atoms with E-state index in [9.17, 15) is 9.59 Å². The lowest BCUT2D eigenvalue weighted by Crippen LogP contribution is -2.40. The first-order chi connectivity index (χ1) is 8.93. The Labute approximate surface area is 122 Å². The number of nitrogens with one attached hydrogen (secondary N) is 2. The normalized spacial score (nSPS) is 11.8.